The Morgan fingerprint density at radius 2 is 2.00 bits per heavy atom. The molecule has 2 aliphatic heterocycles. The van der Waals surface area contributed by atoms with Gasteiger partial charge < -0.3 is 23.9 Å². The van der Waals surface area contributed by atoms with Crippen molar-refractivity contribution in [2.75, 3.05) is 32.9 Å². The van der Waals surface area contributed by atoms with Crippen LogP contribution in [0, 0.1) is 11.3 Å². The molecule has 0 aromatic carbocycles. The average molecular weight is 442 g/mol. The highest BCUT2D eigenvalue weighted by Gasteiger charge is 2.52. The molecule has 4 heterocycles. The van der Waals surface area contributed by atoms with Gasteiger partial charge in [0.25, 0.3) is 5.91 Å². The van der Waals surface area contributed by atoms with Crippen molar-refractivity contribution in [3.05, 3.63) is 54.2 Å². The molecule has 2 aromatic heterocycles. The minimum Gasteiger partial charge on any atom is -0.475 e. The van der Waals surface area contributed by atoms with E-state index in [1.165, 1.54) is 12.5 Å². The second-order valence-corrected chi connectivity index (χ2v) is 7.42. The zero-order chi connectivity index (χ0) is 22.5. The highest BCUT2D eigenvalue weighted by molar-refractivity contribution is 5.94. The van der Waals surface area contributed by atoms with Gasteiger partial charge in [0, 0.05) is 36.8 Å². The molecule has 0 radical (unpaired) electrons. The van der Waals surface area contributed by atoms with Crippen LogP contribution in [-0.4, -0.2) is 66.0 Å². The van der Waals surface area contributed by atoms with Gasteiger partial charge in [-0.2, -0.15) is 13.2 Å². The van der Waals surface area contributed by atoms with E-state index >= 15 is 0 Å². The number of hydrogen-bond acceptors (Lipinski definition) is 6. The molecule has 2 aliphatic rings. The molecule has 0 unspecified atom stereocenters. The number of aromatic nitrogens is 1. The van der Waals surface area contributed by atoms with Crippen molar-refractivity contribution in [3.63, 3.8) is 0 Å². The molecule has 4 rings (SSSR count). The van der Waals surface area contributed by atoms with Crippen LogP contribution in [0.25, 0.3) is 0 Å². The van der Waals surface area contributed by atoms with E-state index in [0.29, 0.717) is 51.0 Å². The van der Waals surface area contributed by atoms with Gasteiger partial charge in [0.05, 0.1) is 38.3 Å². The molecule has 1 N–H and O–H groups in total. The van der Waals surface area contributed by atoms with Crippen LogP contribution in [0.2, 0.25) is 0 Å². The normalized spacial score (nSPS) is 22.5. The summed E-state index contributed by atoms with van der Waals surface area (Å²) in [7, 11) is 0. The van der Waals surface area contributed by atoms with E-state index < -0.39 is 12.1 Å². The van der Waals surface area contributed by atoms with Crippen molar-refractivity contribution >= 4 is 11.9 Å². The Morgan fingerprint density at radius 3 is 2.61 bits per heavy atom. The third-order valence-electron chi connectivity index (χ3n) is 5.23. The predicted molar refractivity (Wildman–Crippen MR) is 98.9 cm³/mol. The van der Waals surface area contributed by atoms with Crippen molar-refractivity contribution in [3.8, 4) is 0 Å². The third-order valence-corrected chi connectivity index (χ3v) is 5.23. The van der Waals surface area contributed by atoms with E-state index in [2.05, 4.69) is 4.98 Å². The Hall–Kier alpha value is -2.92. The summed E-state index contributed by atoms with van der Waals surface area (Å²) in [6.07, 6.45) is 1.47. The van der Waals surface area contributed by atoms with Crippen LogP contribution in [0.15, 0.2) is 47.5 Å². The molecule has 0 bridgehead atoms. The fraction of sp³-hybridized carbons (Fsp3) is 0.450. The van der Waals surface area contributed by atoms with E-state index in [0.717, 1.165) is 5.56 Å². The number of furan rings is 1. The number of nitrogens with zero attached hydrogens (tertiary/aromatic N) is 2. The fourth-order valence-corrected chi connectivity index (χ4v) is 3.61. The monoisotopic (exact) mass is 442 g/mol. The Morgan fingerprint density at radius 1 is 1.29 bits per heavy atom. The van der Waals surface area contributed by atoms with Crippen LogP contribution in [0.3, 0.4) is 0 Å². The summed E-state index contributed by atoms with van der Waals surface area (Å²) in [5.74, 6) is -2.41. The summed E-state index contributed by atoms with van der Waals surface area (Å²) in [5, 5.41) is 7.12. The van der Waals surface area contributed by atoms with Crippen LogP contribution in [0.4, 0.5) is 13.2 Å². The van der Waals surface area contributed by atoms with Gasteiger partial charge in [0.15, 0.2) is 0 Å². The molecule has 0 spiro atoms. The largest absolute Gasteiger partial charge is 0.490 e. The lowest BCUT2D eigenvalue weighted by atomic mass is 9.82. The molecule has 8 nitrogen and oxygen atoms in total. The van der Waals surface area contributed by atoms with Crippen molar-refractivity contribution in [2.45, 2.75) is 12.8 Å². The molecule has 2 aromatic rings. The number of rotatable bonds is 5. The van der Waals surface area contributed by atoms with Crippen molar-refractivity contribution in [2.24, 2.45) is 11.3 Å². The lowest BCUT2D eigenvalue weighted by Gasteiger charge is -2.26. The van der Waals surface area contributed by atoms with E-state index in [-0.39, 0.29) is 11.3 Å². The predicted octanol–water partition coefficient (Wildman–Crippen LogP) is 2.61. The molecule has 2 saturated heterocycles. The van der Waals surface area contributed by atoms with E-state index in [9.17, 15) is 18.0 Å². The zero-order valence-corrected chi connectivity index (χ0v) is 16.4. The van der Waals surface area contributed by atoms with Crippen LogP contribution in [0.1, 0.15) is 15.9 Å². The summed E-state index contributed by atoms with van der Waals surface area (Å²) in [4.78, 5) is 27.4. The number of carboxylic acid groups (broad SMARTS) is 1. The highest BCUT2D eigenvalue weighted by Crippen LogP contribution is 2.42. The maximum Gasteiger partial charge on any atom is 0.490 e. The molecule has 168 valence electrons. The number of hydrogen-bond donors (Lipinski definition) is 1. The van der Waals surface area contributed by atoms with Crippen molar-refractivity contribution in [1.82, 2.24) is 9.88 Å². The minimum atomic E-state index is -5.08. The number of carboxylic acids is 1. The summed E-state index contributed by atoms with van der Waals surface area (Å²) in [6.45, 7) is 3.85. The van der Waals surface area contributed by atoms with Gasteiger partial charge in [-0.25, -0.2) is 4.79 Å². The number of pyridine rings is 1. The number of carbonyl (C=O) groups is 2. The quantitative estimate of drug-likeness (QED) is 0.760. The number of halogens is 3. The maximum atomic E-state index is 12.6. The van der Waals surface area contributed by atoms with Gasteiger partial charge >= 0.3 is 12.1 Å². The number of amides is 1. The Bertz CT molecular complexity index is 875. The lowest BCUT2D eigenvalue weighted by molar-refractivity contribution is -0.192. The first kappa shape index (κ1) is 22.8. The molecule has 0 aliphatic carbocycles. The van der Waals surface area contributed by atoms with Crippen LogP contribution in [-0.2, 0) is 20.9 Å². The number of aliphatic carboxylic acids is 1. The van der Waals surface area contributed by atoms with Gasteiger partial charge in [-0.15, -0.1) is 0 Å². The number of alkyl halides is 3. The standard InChI is InChI=1S/C18H20N2O4.C2HF3O2/c21-17(15-3-6-22-9-15)20-7-16-10-24-13-18(16,11-20)12-23-8-14-1-4-19-5-2-14;3-2(4,5)1(6)7/h1-6,9,16H,7-8,10-13H2;(H,6,7)/t16-,18-;/m1./s1. The third kappa shape index (κ3) is 5.61. The van der Waals surface area contributed by atoms with Crippen LogP contribution >= 0.6 is 0 Å². The van der Waals surface area contributed by atoms with E-state index in [1.807, 2.05) is 17.0 Å². The van der Waals surface area contributed by atoms with E-state index in [4.69, 9.17) is 23.8 Å². The summed E-state index contributed by atoms with van der Waals surface area (Å²) < 4.78 is 48.4. The number of carbonyl (C=O) groups excluding carboxylic acids is 1. The lowest BCUT2D eigenvalue weighted by Crippen LogP contribution is -2.37. The zero-order valence-electron chi connectivity index (χ0n) is 16.4. The van der Waals surface area contributed by atoms with Gasteiger partial charge in [-0.1, -0.05) is 0 Å². The summed E-state index contributed by atoms with van der Waals surface area (Å²) >= 11 is 0. The Labute approximate surface area is 175 Å². The molecule has 2 fully saturated rings. The number of ether oxygens (including phenoxy) is 2. The Balaban J connectivity index is 0.000000339. The summed E-state index contributed by atoms with van der Waals surface area (Å²) in [5.41, 5.74) is 1.59. The van der Waals surface area contributed by atoms with Crippen molar-refractivity contribution < 1.29 is 41.8 Å². The minimum absolute atomic E-state index is 0.0201. The second-order valence-electron chi connectivity index (χ2n) is 7.42. The van der Waals surface area contributed by atoms with Crippen molar-refractivity contribution in [1.29, 1.82) is 0 Å². The molecule has 2 atom stereocenters. The topological polar surface area (TPSA) is 102 Å². The van der Waals surface area contributed by atoms with Crippen LogP contribution in [0.5, 0.6) is 0 Å². The first-order chi connectivity index (χ1) is 14.7. The summed E-state index contributed by atoms with van der Waals surface area (Å²) in [6, 6.07) is 5.60. The highest BCUT2D eigenvalue weighted by atomic mass is 19.4. The fourth-order valence-electron chi connectivity index (χ4n) is 3.61. The van der Waals surface area contributed by atoms with Gasteiger partial charge in [-0.05, 0) is 23.8 Å². The van der Waals surface area contributed by atoms with Crippen LogP contribution < -0.4 is 0 Å². The maximum absolute atomic E-state index is 12.6. The molecular formula is C20H21F3N2O6. The van der Waals surface area contributed by atoms with Gasteiger partial charge in [0.2, 0.25) is 0 Å². The SMILES string of the molecule is O=C(O)C(F)(F)F.O=C(c1ccoc1)N1C[C@@H]2COC[C@]2(COCc2ccncc2)C1. The Kier molecular flexibility index (Phi) is 6.96. The molecular weight excluding hydrogens is 421 g/mol. The van der Waals surface area contributed by atoms with E-state index in [1.54, 1.807) is 18.5 Å². The average Bonchev–Trinajstić information content (AvgIpc) is 3.44. The molecule has 11 heteroatoms. The molecule has 31 heavy (non-hydrogen) atoms. The number of fused-ring (bicyclic) bond motifs is 1. The first-order valence-corrected chi connectivity index (χ1v) is 9.37. The smallest absolute Gasteiger partial charge is 0.475 e. The second kappa shape index (κ2) is 9.48. The van der Waals surface area contributed by atoms with Gasteiger partial charge in [0.1, 0.15) is 6.26 Å². The molecule has 1 amide bonds. The number of likely N-dealkylation sites (tertiary alicyclic amines) is 1. The first-order valence-electron chi connectivity index (χ1n) is 9.37. The molecule has 0 saturated carbocycles. The van der Waals surface area contributed by atoms with Gasteiger partial charge in [-0.3, -0.25) is 9.78 Å².